The standard InChI is InChI=1S/C13H25NO4S/c1-2-16-7-8-17-9-10-18-13(15)11-14-5-3-12(19)4-6-14/h12,19H,2-11H2,1H3. The monoisotopic (exact) mass is 291 g/mol. The number of hydrogen-bond acceptors (Lipinski definition) is 6. The van der Waals surface area contributed by atoms with Crippen LogP contribution in [0, 0.1) is 0 Å². The zero-order valence-corrected chi connectivity index (χ0v) is 12.6. The molecule has 1 aliphatic heterocycles. The van der Waals surface area contributed by atoms with Crippen LogP contribution in [0.15, 0.2) is 0 Å². The van der Waals surface area contributed by atoms with Crippen molar-refractivity contribution in [1.29, 1.82) is 0 Å². The van der Waals surface area contributed by atoms with Gasteiger partial charge in [0, 0.05) is 11.9 Å². The normalized spacial score (nSPS) is 17.6. The number of carbonyl (C=O) groups excluding carboxylic acids is 1. The number of rotatable bonds is 9. The van der Waals surface area contributed by atoms with Crippen LogP contribution in [0.4, 0.5) is 0 Å². The first-order valence-corrected chi connectivity index (χ1v) is 7.45. The van der Waals surface area contributed by atoms with Crippen LogP contribution in [-0.4, -0.2) is 68.8 Å². The van der Waals surface area contributed by atoms with Crippen molar-refractivity contribution < 1.29 is 19.0 Å². The molecule has 1 aliphatic rings. The van der Waals surface area contributed by atoms with Gasteiger partial charge in [-0.15, -0.1) is 0 Å². The third kappa shape index (κ3) is 8.47. The zero-order chi connectivity index (χ0) is 13.9. The van der Waals surface area contributed by atoms with E-state index in [2.05, 4.69) is 17.5 Å². The highest BCUT2D eigenvalue weighted by atomic mass is 32.1. The van der Waals surface area contributed by atoms with Gasteiger partial charge in [0.2, 0.25) is 0 Å². The highest BCUT2D eigenvalue weighted by Crippen LogP contribution is 2.14. The Hall–Kier alpha value is -0.300. The summed E-state index contributed by atoms with van der Waals surface area (Å²) in [5.74, 6) is -0.175. The fourth-order valence-electron chi connectivity index (χ4n) is 1.88. The van der Waals surface area contributed by atoms with E-state index in [1.54, 1.807) is 0 Å². The molecule has 0 unspecified atom stereocenters. The predicted molar refractivity (Wildman–Crippen MR) is 76.7 cm³/mol. The van der Waals surface area contributed by atoms with E-state index in [4.69, 9.17) is 14.2 Å². The average molecular weight is 291 g/mol. The van der Waals surface area contributed by atoms with Gasteiger partial charge in [-0.2, -0.15) is 12.6 Å². The molecule has 0 aromatic carbocycles. The lowest BCUT2D eigenvalue weighted by molar-refractivity contribution is -0.146. The van der Waals surface area contributed by atoms with Gasteiger partial charge in [0.1, 0.15) is 6.61 Å². The number of hydrogen-bond donors (Lipinski definition) is 1. The lowest BCUT2D eigenvalue weighted by Gasteiger charge is -2.28. The van der Waals surface area contributed by atoms with E-state index < -0.39 is 0 Å². The fourth-order valence-corrected chi connectivity index (χ4v) is 2.12. The van der Waals surface area contributed by atoms with Crippen molar-refractivity contribution in [3.63, 3.8) is 0 Å². The highest BCUT2D eigenvalue weighted by Gasteiger charge is 2.18. The molecule has 0 N–H and O–H groups in total. The molecule has 6 heteroatoms. The average Bonchev–Trinajstić information content (AvgIpc) is 2.40. The van der Waals surface area contributed by atoms with Crippen LogP contribution >= 0.6 is 12.6 Å². The molecular weight excluding hydrogens is 266 g/mol. The summed E-state index contributed by atoms with van der Waals surface area (Å²) in [6.45, 7) is 6.73. The van der Waals surface area contributed by atoms with Crippen LogP contribution in [0.2, 0.25) is 0 Å². The summed E-state index contributed by atoms with van der Waals surface area (Å²) in [5.41, 5.74) is 0. The minimum atomic E-state index is -0.175. The topological polar surface area (TPSA) is 48.0 Å². The molecule has 1 rings (SSSR count). The maximum absolute atomic E-state index is 11.6. The Labute approximate surface area is 121 Å². The Bertz CT molecular complexity index is 245. The number of thiol groups is 1. The molecule has 19 heavy (non-hydrogen) atoms. The third-order valence-corrected chi connectivity index (χ3v) is 3.49. The molecule has 0 amide bonds. The SMILES string of the molecule is CCOCCOCCOC(=O)CN1CCC(S)CC1. The number of nitrogens with zero attached hydrogens (tertiary/aromatic N) is 1. The van der Waals surface area contributed by atoms with Crippen LogP contribution in [0.5, 0.6) is 0 Å². The Morgan fingerprint density at radius 3 is 2.47 bits per heavy atom. The fraction of sp³-hybridized carbons (Fsp3) is 0.923. The largest absolute Gasteiger partial charge is 0.462 e. The Balaban J connectivity index is 1.93. The Morgan fingerprint density at radius 1 is 1.16 bits per heavy atom. The highest BCUT2D eigenvalue weighted by molar-refractivity contribution is 7.80. The van der Waals surface area contributed by atoms with Crippen molar-refractivity contribution in [2.45, 2.75) is 25.0 Å². The smallest absolute Gasteiger partial charge is 0.320 e. The third-order valence-electron chi connectivity index (χ3n) is 2.98. The van der Waals surface area contributed by atoms with Crippen LogP contribution in [0.3, 0.4) is 0 Å². The molecule has 0 atom stereocenters. The van der Waals surface area contributed by atoms with Crippen molar-refractivity contribution in [1.82, 2.24) is 4.90 Å². The second-order valence-electron chi connectivity index (χ2n) is 4.54. The van der Waals surface area contributed by atoms with Gasteiger partial charge in [-0.25, -0.2) is 0 Å². The quantitative estimate of drug-likeness (QED) is 0.390. The van der Waals surface area contributed by atoms with Crippen molar-refractivity contribution >= 4 is 18.6 Å². The van der Waals surface area contributed by atoms with E-state index >= 15 is 0 Å². The molecule has 1 fully saturated rings. The first-order valence-electron chi connectivity index (χ1n) is 6.94. The van der Waals surface area contributed by atoms with Crippen molar-refractivity contribution in [3.05, 3.63) is 0 Å². The second kappa shape index (κ2) is 10.5. The van der Waals surface area contributed by atoms with E-state index in [0.29, 0.717) is 44.8 Å². The molecule has 112 valence electrons. The molecule has 1 heterocycles. The van der Waals surface area contributed by atoms with Gasteiger partial charge < -0.3 is 14.2 Å². The minimum absolute atomic E-state index is 0.175. The molecule has 0 spiro atoms. The van der Waals surface area contributed by atoms with Crippen molar-refractivity contribution in [2.75, 3.05) is 52.7 Å². The molecule has 1 saturated heterocycles. The lowest BCUT2D eigenvalue weighted by Crippen LogP contribution is -2.38. The molecular formula is C13H25NO4S. The van der Waals surface area contributed by atoms with Gasteiger partial charge in [-0.05, 0) is 32.9 Å². The Morgan fingerprint density at radius 2 is 1.79 bits per heavy atom. The summed E-state index contributed by atoms with van der Waals surface area (Å²) < 4.78 is 15.5. The van der Waals surface area contributed by atoms with Gasteiger partial charge >= 0.3 is 5.97 Å². The number of ether oxygens (including phenoxy) is 3. The number of esters is 1. The van der Waals surface area contributed by atoms with E-state index in [1.165, 1.54) is 0 Å². The molecule has 0 bridgehead atoms. The lowest BCUT2D eigenvalue weighted by atomic mass is 10.1. The second-order valence-corrected chi connectivity index (χ2v) is 5.27. The van der Waals surface area contributed by atoms with Crippen LogP contribution < -0.4 is 0 Å². The van der Waals surface area contributed by atoms with Crippen LogP contribution in [0.25, 0.3) is 0 Å². The van der Waals surface area contributed by atoms with Crippen molar-refractivity contribution in [2.24, 2.45) is 0 Å². The maximum atomic E-state index is 11.6. The van der Waals surface area contributed by atoms with Crippen LogP contribution in [-0.2, 0) is 19.0 Å². The summed E-state index contributed by atoms with van der Waals surface area (Å²) >= 11 is 4.43. The predicted octanol–water partition coefficient (Wildman–Crippen LogP) is 0.977. The van der Waals surface area contributed by atoms with E-state index in [-0.39, 0.29) is 5.97 Å². The minimum Gasteiger partial charge on any atom is -0.462 e. The summed E-state index contributed by atoms with van der Waals surface area (Å²) in [5, 5.41) is 0.478. The first kappa shape index (κ1) is 16.8. The van der Waals surface area contributed by atoms with E-state index in [1.807, 2.05) is 6.92 Å². The first-order chi connectivity index (χ1) is 9.22. The molecule has 0 radical (unpaired) electrons. The van der Waals surface area contributed by atoms with Gasteiger partial charge in [0.15, 0.2) is 0 Å². The molecule has 5 nitrogen and oxygen atoms in total. The Kier molecular flexibility index (Phi) is 9.24. The van der Waals surface area contributed by atoms with Gasteiger partial charge in [0.25, 0.3) is 0 Å². The molecule has 0 aromatic rings. The van der Waals surface area contributed by atoms with Gasteiger partial charge in [0.05, 0.1) is 26.4 Å². The number of carbonyl (C=O) groups is 1. The molecule has 0 aromatic heterocycles. The van der Waals surface area contributed by atoms with E-state index in [9.17, 15) is 4.79 Å². The molecule has 0 aliphatic carbocycles. The van der Waals surface area contributed by atoms with Gasteiger partial charge in [-0.3, -0.25) is 9.69 Å². The zero-order valence-electron chi connectivity index (χ0n) is 11.7. The maximum Gasteiger partial charge on any atom is 0.320 e. The number of piperidine rings is 1. The van der Waals surface area contributed by atoms with E-state index in [0.717, 1.165) is 25.9 Å². The molecule has 0 saturated carbocycles. The summed E-state index contributed by atoms with van der Waals surface area (Å²) in [7, 11) is 0. The number of likely N-dealkylation sites (tertiary alicyclic amines) is 1. The van der Waals surface area contributed by atoms with Crippen LogP contribution in [0.1, 0.15) is 19.8 Å². The summed E-state index contributed by atoms with van der Waals surface area (Å²) in [4.78, 5) is 13.7. The van der Waals surface area contributed by atoms with Gasteiger partial charge in [-0.1, -0.05) is 0 Å². The summed E-state index contributed by atoms with van der Waals surface area (Å²) in [6.07, 6.45) is 2.08. The van der Waals surface area contributed by atoms with Crippen molar-refractivity contribution in [3.8, 4) is 0 Å². The summed E-state index contributed by atoms with van der Waals surface area (Å²) in [6, 6.07) is 0.